The molecule has 0 radical (unpaired) electrons. The van der Waals surface area contributed by atoms with Crippen molar-refractivity contribution in [3.63, 3.8) is 0 Å². The maximum atomic E-state index is 10.1. The quantitative estimate of drug-likeness (QED) is 0.272. The van der Waals surface area contributed by atoms with Crippen molar-refractivity contribution in [2.45, 2.75) is 19.3 Å². The van der Waals surface area contributed by atoms with E-state index in [1.807, 2.05) is 0 Å². The van der Waals surface area contributed by atoms with Crippen LogP contribution >= 0.6 is 15.2 Å². The van der Waals surface area contributed by atoms with E-state index < -0.39 is 27.5 Å². The molecule has 0 atom stereocenters. The fourth-order valence-electron chi connectivity index (χ4n) is 0.788. The summed E-state index contributed by atoms with van der Waals surface area (Å²) in [6, 6.07) is 0. The van der Waals surface area contributed by atoms with E-state index in [0.29, 0.717) is 0 Å². The molecule has 0 heterocycles. The molecular weight excluding hydrogens is 310 g/mol. The van der Waals surface area contributed by atoms with Crippen molar-refractivity contribution >= 4 is 15.2 Å². The normalized spacial score (nSPS) is 10.1. The fourth-order valence-corrected chi connectivity index (χ4v) is 2.01. The summed E-state index contributed by atoms with van der Waals surface area (Å²) in [5.41, 5.74) is 0. The predicted octanol–water partition coefficient (Wildman–Crippen LogP) is -14.0. The van der Waals surface area contributed by atoms with Gasteiger partial charge in [-0.3, -0.25) is 0 Å². The molecule has 0 unspecified atom stereocenters. The Bertz CT molecular complexity index is 217. The molecule has 0 aromatic rings. The zero-order valence-corrected chi connectivity index (χ0v) is 20.7. The van der Waals surface area contributed by atoms with Crippen molar-refractivity contribution < 1.29 is 147 Å². The van der Waals surface area contributed by atoms with Gasteiger partial charge in [-0.1, -0.05) is 21.6 Å². The van der Waals surface area contributed by atoms with E-state index in [4.69, 9.17) is 0 Å². The fraction of sp³-hybridized carbons (Fsp3) is 1.00. The molecule has 80 valence electrons. The van der Waals surface area contributed by atoms with Gasteiger partial charge in [-0.2, -0.15) is 0 Å². The molecule has 0 saturated carbocycles. The van der Waals surface area contributed by atoms with Crippen molar-refractivity contribution in [2.75, 3.05) is 12.3 Å². The Morgan fingerprint density at radius 2 is 0.824 bits per heavy atom. The van der Waals surface area contributed by atoms with Crippen LogP contribution in [0.3, 0.4) is 0 Å². The Labute approximate surface area is 190 Å². The first kappa shape index (κ1) is 33.0. The summed E-state index contributed by atoms with van der Waals surface area (Å²) in [6.07, 6.45) is -0.457. The molecule has 0 spiro atoms. The van der Waals surface area contributed by atoms with Gasteiger partial charge < -0.3 is 28.7 Å². The van der Waals surface area contributed by atoms with E-state index in [0.717, 1.165) is 0 Å². The summed E-state index contributed by atoms with van der Waals surface area (Å²) >= 11 is 0. The summed E-state index contributed by atoms with van der Waals surface area (Å²) in [6.45, 7) is 0. The molecule has 0 amide bonds. The van der Waals surface area contributed by atoms with Gasteiger partial charge in [0.25, 0.3) is 0 Å². The average Bonchev–Trinajstić information content (AvgIpc) is 1.81. The molecule has 0 aromatic carbocycles. The van der Waals surface area contributed by atoms with Gasteiger partial charge in [-0.15, -0.1) is 0 Å². The first-order valence-corrected chi connectivity index (χ1v) is 7.18. The third kappa shape index (κ3) is 33.2. The number of unbranched alkanes of at least 4 members (excludes halogenated alkanes) is 2. The molecule has 12 heteroatoms. The molecule has 0 aromatic heterocycles. The summed E-state index contributed by atoms with van der Waals surface area (Å²) in [5, 5.41) is 0. The van der Waals surface area contributed by atoms with Crippen molar-refractivity contribution in [2.24, 2.45) is 0 Å². The molecule has 17 heavy (non-hydrogen) atoms. The van der Waals surface area contributed by atoms with Gasteiger partial charge >= 0.3 is 118 Å². The van der Waals surface area contributed by atoms with Crippen LogP contribution in [0.1, 0.15) is 19.3 Å². The third-order valence-corrected chi connectivity index (χ3v) is 3.09. The van der Waals surface area contributed by atoms with Gasteiger partial charge in [0.05, 0.1) is 0 Å². The summed E-state index contributed by atoms with van der Waals surface area (Å²) in [4.78, 5) is 40.3. The summed E-state index contributed by atoms with van der Waals surface area (Å²) in [5.74, 6) is 0. The zero-order valence-electron chi connectivity index (χ0n) is 10.9. The molecule has 0 aliphatic carbocycles. The van der Waals surface area contributed by atoms with Crippen LogP contribution in [-0.4, -0.2) is 12.3 Å². The van der Waals surface area contributed by atoms with Gasteiger partial charge in [0.1, 0.15) is 0 Å². The van der Waals surface area contributed by atoms with Crippen LogP contribution in [0, 0.1) is 0 Å². The molecule has 0 saturated heterocycles. The second-order valence-corrected chi connectivity index (χ2v) is 6.07. The van der Waals surface area contributed by atoms with E-state index in [2.05, 4.69) is 0 Å². The minimum atomic E-state index is -4.47. The van der Waals surface area contributed by atoms with Crippen LogP contribution in [0.25, 0.3) is 0 Å². The Hall–Kier alpha value is 4.30. The van der Waals surface area contributed by atoms with Crippen LogP contribution in [0.5, 0.6) is 0 Å². The standard InChI is InChI=1S/C5H14O6P2.4Na/c6-12(7,8)4-2-1-3-5-13(9,10)11;;;;/h1-5H2,(H2,6,7,8)(H2,9,10,11);;;;/q;4*+1/p-4. The van der Waals surface area contributed by atoms with Gasteiger partial charge in [-0.05, 0) is 25.2 Å². The summed E-state index contributed by atoms with van der Waals surface area (Å²) < 4.78 is 20.2. The van der Waals surface area contributed by atoms with Crippen molar-refractivity contribution in [3.05, 3.63) is 0 Å². The molecule has 0 rings (SSSR count). The molecule has 0 aliphatic rings. The Balaban J connectivity index is -0.000000120. The number of hydrogen-bond donors (Lipinski definition) is 0. The average molecular weight is 320 g/mol. The number of rotatable bonds is 6. The van der Waals surface area contributed by atoms with Gasteiger partial charge in [0.2, 0.25) is 0 Å². The Morgan fingerprint density at radius 3 is 1.00 bits per heavy atom. The van der Waals surface area contributed by atoms with E-state index in [1.54, 1.807) is 0 Å². The van der Waals surface area contributed by atoms with Crippen molar-refractivity contribution in [3.8, 4) is 0 Å². The van der Waals surface area contributed by atoms with Gasteiger partial charge in [0, 0.05) is 0 Å². The molecule has 0 aliphatic heterocycles. The SMILES string of the molecule is O=P([O-])([O-])CCCCCP(=O)([O-])[O-].[Na+].[Na+].[Na+].[Na+]. The van der Waals surface area contributed by atoms with Crippen LogP contribution in [-0.2, 0) is 9.13 Å². The van der Waals surface area contributed by atoms with Crippen LogP contribution in [0.2, 0.25) is 0 Å². The Morgan fingerprint density at radius 1 is 0.588 bits per heavy atom. The summed E-state index contributed by atoms with van der Waals surface area (Å²) in [7, 11) is -8.94. The van der Waals surface area contributed by atoms with E-state index in [9.17, 15) is 28.7 Å². The minimum absolute atomic E-state index is 0. The maximum absolute atomic E-state index is 10.1. The van der Waals surface area contributed by atoms with Crippen LogP contribution in [0.4, 0.5) is 0 Å². The van der Waals surface area contributed by atoms with Gasteiger partial charge in [0.15, 0.2) is 0 Å². The second kappa shape index (κ2) is 16.7. The molecule has 0 bridgehead atoms. The largest absolute Gasteiger partial charge is 1.00 e. The second-order valence-electron chi connectivity index (χ2n) is 2.73. The Kier molecular flexibility index (Phi) is 32.4. The first-order chi connectivity index (χ1) is 5.71. The van der Waals surface area contributed by atoms with Crippen molar-refractivity contribution in [1.29, 1.82) is 0 Å². The molecule has 0 fully saturated rings. The predicted molar refractivity (Wildman–Crippen MR) is 38.8 cm³/mol. The zero-order chi connectivity index (χ0) is 10.5. The van der Waals surface area contributed by atoms with Gasteiger partial charge in [-0.25, -0.2) is 0 Å². The van der Waals surface area contributed by atoms with E-state index in [-0.39, 0.29) is 137 Å². The maximum Gasteiger partial charge on any atom is 1.00 e. The molecular formula is C5H10Na4O6P2. The smallest absolute Gasteiger partial charge is 0.811 e. The van der Waals surface area contributed by atoms with Crippen molar-refractivity contribution in [1.82, 2.24) is 0 Å². The van der Waals surface area contributed by atoms with E-state index >= 15 is 0 Å². The van der Waals surface area contributed by atoms with Crippen LogP contribution in [0.15, 0.2) is 0 Å². The number of hydrogen-bond acceptors (Lipinski definition) is 6. The minimum Gasteiger partial charge on any atom is -0.811 e. The third-order valence-electron chi connectivity index (χ3n) is 1.36. The first-order valence-electron chi connectivity index (χ1n) is 3.73. The molecule has 0 N–H and O–H groups in total. The topological polar surface area (TPSA) is 126 Å². The van der Waals surface area contributed by atoms with Crippen LogP contribution < -0.4 is 138 Å². The molecule has 6 nitrogen and oxygen atoms in total. The van der Waals surface area contributed by atoms with E-state index in [1.165, 1.54) is 0 Å². The monoisotopic (exact) mass is 320 g/mol.